The second kappa shape index (κ2) is 8.11. The molecular formula is C28H25FN4O. The Labute approximate surface area is 198 Å². The topological polar surface area (TPSA) is 82.5 Å². The van der Waals surface area contributed by atoms with E-state index >= 15 is 0 Å². The van der Waals surface area contributed by atoms with Gasteiger partial charge in [0.25, 0.3) is 0 Å². The number of guanidine groups is 1. The summed E-state index contributed by atoms with van der Waals surface area (Å²) in [5.74, 6) is -0.398. The van der Waals surface area contributed by atoms with Gasteiger partial charge in [0.05, 0.1) is 17.6 Å². The molecule has 1 amide bonds. The Bertz CT molecular complexity index is 1350. The van der Waals surface area contributed by atoms with E-state index in [2.05, 4.69) is 12.1 Å². The number of benzene rings is 3. The molecule has 2 aliphatic rings. The molecule has 5 nitrogen and oxygen atoms in total. The van der Waals surface area contributed by atoms with Crippen LogP contribution in [0, 0.1) is 17.1 Å². The van der Waals surface area contributed by atoms with Crippen molar-refractivity contribution in [2.45, 2.75) is 37.1 Å². The first-order valence-electron chi connectivity index (χ1n) is 11.3. The lowest BCUT2D eigenvalue weighted by Crippen LogP contribution is -2.52. The first-order chi connectivity index (χ1) is 16.3. The molecule has 5 rings (SSSR count). The lowest BCUT2D eigenvalue weighted by atomic mass is 9.73. The average molecular weight is 453 g/mol. The molecule has 1 fully saturated rings. The van der Waals surface area contributed by atoms with Crippen LogP contribution in [0.15, 0.2) is 71.7 Å². The van der Waals surface area contributed by atoms with Crippen LogP contribution in [0.25, 0.3) is 11.1 Å². The van der Waals surface area contributed by atoms with E-state index in [4.69, 9.17) is 10.7 Å². The van der Waals surface area contributed by atoms with Gasteiger partial charge in [-0.1, -0.05) is 42.5 Å². The van der Waals surface area contributed by atoms with Crippen molar-refractivity contribution < 1.29 is 9.18 Å². The largest absolute Gasteiger partial charge is 0.369 e. The molecule has 0 spiro atoms. The SMILES string of the molecule is CN1C(=O)[C@H](c2ccc(C3CC3)cc2)[C@@](C)(c2cccc(-c3cc(F)cc(C#N)c3)c2)N=C1N. The zero-order valence-corrected chi connectivity index (χ0v) is 19.1. The number of rotatable bonds is 4. The van der Waals surface area contributed by atoms with Crippen molar-refractivity contribution in [2.75, 3.05) is 7.05 Å². The van der Waals surface area contributed by atoms with Gasteiger partial charge in [-0.05, 0) is 77.8 Å². The summed E-state index contributed by atoms with van der Waals surface area (Å²) in [6.07, 6.45) is 2.42. The Hall–Kier alpha value is -3.98. The Morgan fingerprint density at radius 2 is 1.76 bits per heavy atom. The number of halogens is 1. The van der Waals surface area contributed by atoms with Crippen molar-refractivity contribution in [3.8, 4) is 17.2 Å². The molecule has 3 aromatic rings. The van der Waals surface area contributed by atoms with Gasteiger partial charge in [0.15, 0.2) is 5.96 Å². The molecule has 0 bridgehead atoms. The Morgan fingerprint density at radius 3 is 2.44 bits per heavy atom. The van der Waals surface area contributed by atoms with Gasteiger partial charge in [0.1, 0.15) is 11.4 Å². The summed E-state index contributed by atoms with van der Waals surface area (Å²) in [6, 6.07) is 22.0. The summed E-state index contributed by atoms with van der Waals surface area (Å²) in [5, 5.41) is 9.24. The van der Waals surface area contributed by atoms with E-state index in [-0.39, 0.29) is 17.4 Å². The summed E-state index contributed by atoms with van der Waals surface area (Å²) in [4.78, 5) is 19.7. The van der Waals surface area contributed by atoms with Crippen molar-refractivity contribution in [3.63, 3.8) is 0 Å². The van der Waals surface area contributed by atoms with Crippen LogP contribution in [0.1, 0.15) is 53.9 Å². The lowest BCUT2D eigenvalue weighted by Gasteiger charge is -2.41. The van der Waals surface area contributed by atoms with Crippen molar-refractivity contribution >= 4 is 11.9 Å². The number of nitrogens with zero attached hydrogens (tertiary/aromatic N) is 3. The highest BCUT2D eigenvalue weighted by molar-refractivity contribution is 6.02. The number of hydrogen-bond acceptors (Lipinski definition) is 4. The van der Waals surface area contributed by atoms with E-state index in [1.165, 1.54) is 35.4 Å². The van der Waals surface area contributed by atoms with E-state index in [0.29, 0.717) is 11.5 Å². The number of nitriles is 1. The van der Waals surface area contributed by atoms with E-state index in [9.17, 15) is 14.4 Å². The molecule has 0 saturated heterocycles. The van der Waals surface area contributed by atoms with E-state index in [1.807, 2.05) is 49.4 Å². The first kappa shape index (κ1) is 21.8. The van der Waals surface area contributed by atoms with E-state index < -0.39 is 17.3 Å². The fourth-order valence-electron chi connectivity index (χ4n) is 4.83. The maximum absolute atomic E-state index is 14.1. The summed E-state index contributed by atoms with van der Waals surface area (Å²) in [5.41, 5.74) is 9.74. The average Bonchev–Trinajstić information content (AvgIpc) is 3.68. The monoisotopic (exact) mass is 452 g/mol. The maximum Gasteiger partial charge on any atom is 0.239 e. The van der Waals surface area contributed by atoms with Gasteiger partial charge in [-0.2, -0.15) is 5.26 Å². The second-order valence-corrected chi connectivity index (χ2v) is 9.31. The minimum atomic E-state index is -0.962. The van der Waals surface area contributed by atoms with Crippen molar-refractivity contribution in [1.82, 2.24) is 4.90 Å². The van der Waals surface area contributed by atoms with Gasteiger partial charge in [-0.15, -0.1) is 0 Å². The van der Waals surface area contributed by atoms with E-state index in [0.717, 1.165) is 16.7 Å². The van der Waals surface area contributed by atoms with Crippen LogP contribution in [-0.4, -0.2) is 23.8 Å². The molecule has 1 aliphatic heterocycles. The molecule has 0 radical (unpaired) electrons. The minimum Gasteiger partial charge on any atom is -0.369 e. The van der Waals surface area contributed by atoms with Crippen LogP contribution in [0.3, 0.4) is 0 Å². The summed E-state index contributed by atoms with van der Waals surface area (Å²) >= 11 is 0. The minimum absolute atomic E-state index is 0.128. The van der Waals surface area contributed by atoms with Crippen LogP contribution in [0.5, 0.6) is 0 Å². The molecule has 0 aromatic heterocycles. The number of amides is 1. The van der Waals surface area contributed by atoms with Gasteiger partial charge in [0, 0.05) is 7.05 Å². The van der Waals surface area contributed by atoms with Crippen LogP contribution in [-0.2, 0) is 10.3 Å². The third-order valence-corrected chi connectivity index (χ3v) is 6.96. The van der Waals surface area contributed by atoms with Crippen LogP contribution >= 0.6 is 0 Å². The molecule has 3 aromatic carbocycles. The predicted octanol–water partition coefficient (Wildman–Crippen LogP) is 5.03. The van der Waals surface area contributed by atoms with Crippen molar-refractivity contribution in [3.05, 3.63) is 94.8 Å². The zero-order valence-electron chi connectivity index (χ0n) is 19.1. The smallest absolute Gasteiger partial charge is 0.239 e. The van der Waals surface area contributed by atoms with Crippen LogP contribution < -0.4 is 5.73 Å². The highest BCUT2D eigenvalue weighted by Crippen LogP contribution is 2.46. The Morgan fingerprint density at radius 1 is 1.06 bits per heavy atom. The van der Waals surface area contributed by atoms with Gasteiger partial charge >= 0.3 is 0 Å². The molecule has 1 aliphatic carbocycles. The second-order valence-electron chi connectivity index (χ2n) is 9.31. The Balaban J connectivity index is 1.62. The molecule has 0 unspecified atom stereocenters. The number of likely N-dealkylation sites (N-methyl/N-ethyl adjacent to an activating group) is 1. The van der Waals surface area contributed by atoms with Crippen molar-refractivity contribution in [2.24, 2.45) is 10.7 Å². The fourth-order valence-corrected chi connectivity index (χ4v) is 4.83. The molecule has 6 heteroatoms. The first-order valence-corrected chi connectivity index (χ1v) is 11.3. The van der Waals surface area contributed by atoms with Gasteiger partial charge in [-0.25, -0.2) is 9.38 Å². The fraction of sp³-hybridized carbons (Fsp3) is 0.250. The molecule has 34 heavy (non-hydrogen) atoms. The van der Waals surface area contributed by atoms with Crippen LogP contribution in [0.2, 0.25) is 0 Å². The Kier molecular flexibility index (Phi) is 5.21. The van der Waals surface area contributed by atoms with Gasteiger partial charge in [-0.3, -0.25) is 9.69 Å². The molecule has 170 valence electrons. The van der Waals surface area contributed by atoms with Gasteiger partial charge in [0.2, 0.25) is 5.91 Å². The van der Waals surface area contributed by atoms with E-state index in [1.54, 1.807) is 13.1 Å². The number of hydrogen-bond donors (Lipinski definition) is 1. The third kappa shape index (κ3) is 3.73. The number of nitrogens with two attached hydrogens (primary N) is 1. The lowest BCUT2D eigenvalue weighted by molar-refractivity contribution is -0.130. The summed E-state index contributed by atoms with van der Waals surface area (Å²) < 4.78 is 14.1. The van der Waals surface area contributed by atoms with Crippen LogP contribution in [0.4, 0.5) is 4.39 Å². The number of carbonyl (C=O) groups is 1. The number of aliphatic imine (C=N–C) groups is 1. The molecule has 2 atom stereocenters. The normalized spacial score (nSPS) is 22.3. The standard InChI is InChI=1S/C28H25FN4O/c1-28(23-5-3-4-21(14-23)22-12-17(16-30)13-24(29)15-22)25(26(34)33(2)27(31)32-28)20-10-8-19(9-11-20)18-6-7-18/h3-5,8-15,18,25H,6-7H2,1-2H3,(H2,31,32)/t25-,28+/m0/s1. The molecular weight excluding hydrogens is 427 g/mol. The van der Waals surface area contributed by atoms with Crippen molar-refractivity contribution in [1.29, 1.82) is 5.26 Å². The quantitative estimate of drug-likeness (QED) is 0.603. The molecule has 1 saturated carbocycles. The molecule has 1 heterocycles. The van der Waals surface area contributed by atoms with Gasteiger partial charge < -0.3 is 5.73 Å². The highest BCUT2D eigenvalue weighted by atomic mass is 19.1. The summed E-state index contributed by atoms with van der Waals surface area (Å²) in [6.45, 7) is 1.91. The maximum atomic E-state index is 14.1. The predicted molar refractivity (Wildman–Crippen MR) is 129 cm³/mol. The highest BCUT2D eigenvalue weighted by Gasteiger charge is 2.47. The number of carbonyl (C=O) groups excluding carboxylic acids is 1. The third-order valence-electron chi connectivity index (χ3n) is 6.96. The summed E-state index contributed by atoms with van der Waals surface area (Å²) in [7, 11) is 1.64. The molecule has 2 N–H and O–H groups in total. The zero-order chi connectivity index (χ0) is 24.0.